The maximum atomic E-state index is 11.0. The minimum atomic E-state index is -1.02. The Kier molecular flexibility index (Phi) is 7.19. The molecule has 3 rings (SSSR count). The summed E-state index contributed by atoms with van der Waals surface area (Å²) in [4.78, 5) is 11.0. The molecule has 3 aromatic carbocycles. The first-order chi connectivity index (χ1) is 14.9. The molecule has 7 heteroatoms. The van der Waals surface area contributed by atoms with Crippen LogP contribution in [-0.2, 0) is 6.61 Å². The average molecular weight is 454 g/mol. The van der Waals surface area contributed by atoms with E-state index in [1.807, 2.05) is 0 Å². The number of methoxy groups -OCH3 is 1. The molecule has 0 radical (unpaired) electrons. The van der Waals surface area contributed by atoms with E-state index in [9.17, 15) is 10.1 Å². The SMILES string of the molecule is COc1cc(/C=C(/C#N)c2ccc(C(=O)O)cc2)ccc1OCc1ccc(Cl)cc1Cl. The van der Waals surface area contributed by atoms with Crippen LogP contribution in [0.25, 0.3) is 11.6 Å². The van der Waals surface area contributed by atoms with Gasteiger partial charge in [0.2, 0.25) is 0 Å². The molecule has 156 valence electrons. The van der Waals surface area contributed by atoms with Crippen molar-refractivity contribution >= 4 is 40.8 Å². The van der Waals surface area contributed by atoms with Crippen molar-refractivity contribution in [1.29, 1.82) is 5.26 Å². The van der Waals surface area contributed by atoms with Crippen LogP contribution < -0.4 is 9.47 Å². The maximum absolute atomic E-state index is 11.0. The van der Waals surface area contributed by atoms with Crippen LogP contribution >= 0.6 is 23.2 Å². The van der Waals surface area contributed by atoms with E-state index in [0.29, 0.717) is 32.7 Å². The fourth-order valence-electron chi connectivity index (χ4n) is 2.83. The van der Waals surface area contributed by atoms with Gasteiger partial charge < -0.3 is 14.6 Å². The zero-order chi connectivity index (χ0) is 22.4. The summed E-state index contributed by atoms with van der Waals surface area (Å²) in [7, 11) is 1.53. The van der Waals surface area contributed by atoms with Crippen molar-refractivity contribution in [2.24, 2.45) is 0 Å². The van der Waals surface area contributed by atoms with Crippen LogP contribution in [0.4, 0.5) is 0 Å². The normalized spacial score (nSPS) is 11.0. The molecule has 0 aliphatic rings. The second kappa shape index (κ2) is 10.0. The molecule has 0 saturated heterocycles. The summed E-state index contributed by atoms with van der Waals surface area (Å²) in [6.45, 7) is 0.237. The lowest BCUT2D eigenvalue weighted by Gasteiger charge is -2.12. The quantitative estimate of drug-likeness (QED) is 0.333. The standard InChI is InChI=1S/C24H17Cl2NO4/c1-30-23-11-15(10-19(13-27)16-3-5-17(6-4-16)24(28)29)2-9-22(23)31-14-18-7-8-20(25)12-21(18)26/h2-12H,14H2,1H3,(H,28,29)/b19-10-. The summed E-state index contributed by atoms with van der Waals surface area (Å²) in [5.41, 5.74) is 2.68. The third-order valence-corrected chi connectivity index (χ3v) is 5.05. The van der Waals surface area contributed by atoms with Gasteiger partial charge in [-0.2, -0.15) is 5.26 Å². The first-order valence-corrected chi connectivity index (χ1v) is 9.87. The number of carboxylic acid groups (broad SMARTS) is 1. The van der Waals surface area contributed by atoms with E-state index in [-0.39, 0.29) is 12.2 Å². The third kappa shape index (κ3) is 5.58. The van der Waals surface area contributed by atoms with Gasteiger partial charge in [0.1, 0.15) is 6.61 Å². The Morgan fingerprint density at radius 1 is 1.03 bits per heavy atom. The topological polar surface area (TPSA) is 79.5 Å². The molecule has 0 heterocycles. The van der Waals surface area contributed by atoms with Crippen LogP contribution in [0.2, 0.25) is 10.0 Å². The number of halogens is 2. The Bertz CT molecular complexity index is 1180. The highest BCUT2D eigenvalue weighted by molar-refractivity contribution is 6.35. The fourth-order valence-corrected chi connectivity index (χ4v) is 3.29. The van der Waals surface area contributed by atoms with Gasteiger partial charge in [-0.3, -0.25) is 0 Å². The van der Waals surface area contributed by atoms with E-state index >= 15 is 0 Å². The van der Waals surface area contributed by atoms with E-state index in [2.05, 4.69) is 6.07 Å². The van der Waals surface area contributed by atoms with Crippen LogP contribution in [0.1, 0.15) is 27.0 Å². The lowest BCUT2D eigenvalue weighted by molar-refractivity contribution is 0.0697. The second-order valence-corrected chi connectivity index (χ2v) is 7.33. The van der Waals surface area contributed by atoms with Gasteiger partial charge in [0.05, 0.1) is 24.3 Å². The number of allylic oxidation sites excluding steroid dienone is 1. The van der Waals surface area contributed by atoms with E-state index in [1.54, 1.807) is 54.6 Å². The molecular formula is C24H17Cl2NO4. The molecule has 1 N–H and O–H groups in total. The predicted molar refractivity (Wildman–Crippen MR) is 121 cm³/mol. The predicted octanol–water partition coefficient (Wildman–Crippen LogP) is 6.34. The molecule has 0 unspecified atom stereocenters. The number of carbonyl (C=O) groups is 1. The van der Waals surface area contributed by atoms with Crippen LogP contribution in [0.5, 0.6) is 11.5 Å². The Balaban J connectivity index is 1.82. The number of aromatic carboxylic acids is 1. The molecule has 0 bridgehead atoms. The Hall–Kier alpha value is -3.46. The molecule has 0 aliphatic carbocycles. The van der Waals surface area contributed by atoms with Gasteiger partial charge in [0.25, 0.3) is 0 Å². The molecule has 0 atom stereocenters. The summed E-state index contributed by atoms with van der Waals surface area (Å²) >= 11 is 12.1. The van der Waals surface area contributed by atoms with Crippen molar-refractivity contribution in [2.75, 3.05) is 7.11 Å². The van der Waals surface area contributed by atoms with E-state index in [0.717, 1.165) is 11.1 Å². The Morgan fingerprint density at radius 3 is 2.35 bits per heavy atom. The zero-order valence-corrected chi connectivity index (χ0v) is 17.9. The smallest absolute Gasteiger partial charge is 0.335 e. The Morgan fingerprint density at radius 2 is 1.74 bits per heavy atom. The minimum Gasteiger partial charge on any atom is -0.493 e. The number of hydrogen-bond donors (Lipinski definition) is 1. The molecule has 31 heavy (non-hydrogen) atoms. The van der Waals surface area contributed by atoms with Gasteiger partial charge in [-0.1, -0.05) is 47.5 Å². The zero-order valence-electron chi connectivity index (χ0n) is 16.4. The van der Waals surface area contributed by atoms with E-state index in [4.69, 9.17) is 37.8 Å². The van der Waals surface area contributed by atoms with Crippen LogP contribution in [0.3, 0.4) is 0 Å². The lowest BCUT2D eigenvalue weighted by Crippen LogP contribution is -1.99. The first kappa shape index (κ1) is 22.2. The fraction of sp³-hybridized carbons (Fsp3) is 0.0833. The summed E-state index contributed by atoms with van der Waals surface area (Å²) in [5.74, 6) is 0.00147. The molecule has 3 aromatic rings. The number of ether oxygens (including phenoxy) is 2. The van der Waals surface area contributed by atoms with Gasteiger partial charge >= 0.3 is 5.97 Å². The number of carboxylic acids is 1. The maximum Gasteiger partial charge on any atom is 0.335 e. The molecule has 0 aromatic heterocycles. The second-order valence-electron chi connectivity index (χ2n) is 6.49. The van der Waals surface area contributed by atoms with Crippen LogP contribution in [0.15, 0.2) is 60.7 Å². The number of hydrogen-bond acceptors (Lipinski definition) is 4. The average Bonchev–Trinajstić information content (AvgIpc) is 2.77. The molecule has 0 spiro atoms. The molecular weight excluding hydrogens is 437 g/mol. The van der Waals surface area contributed by atoms with Gasteiger partial charge in [-0.05, 0) is 53.6 Å². The van der Waals surface area contributed by atoms with E-state index in [1.165, 1.54) is 19.2 Å². The molecule has 0 fully saturated rings. The monoisotopic (exact) mass is 453 g/mol. The largest absolute Gasteiger partial charge is 0.493 e. The number of nitrogens with zero attached hydrogens (tertiary/aromatic N) is 1. The van der Waals surface area contributed by atoms with Crippen molar-refractivity contribution in [3.63, 3.8) is 0 Å². The van der Waals surface area contributed by atoms with Gasteiger partial charge in [0, 0.05) is 15.6 Å². The number of rotatable bonds is 7. The first-order valence-electron chi connectivity index (χ1n) is 9.11. The number of benzene rings is 3. The summed E-state index contributed by atoms with van der Waals surface area (Å²) in [5, 5.41) is 19.6. The number of nitriles is 1. The van der Waals surface area contributed by atoms with Crippen molar-refractivity contribution in [1.82, 2.24) is 0 Å². The molecule has 0 saturated carbocycles. The molecule has 0 amide bonds. The molecule has 0 aliphatic heterocycles. The van der Waals surface area contributed by atoms with Crippen molar-refractivity contribution < 1.29 is 19.4 Å². The van der Waals surface area contributed by atoms with Gasteiger partial charge in [-0.15, -0.1) is 0 Å². The summed E-state index contributed by atoms with van der Waals surface area (Å²) in [6.07, 6.45) is 1.69. The van der Waals surface area contributed by atoms with E-state index < -0.39 is 5.97 Å². The van der Waals surface area contributed by atoms with Crippen molar-refractivity contribution in [3.05, 3.63) is 93.0 Å². The highest BCUT2D eigenvalue weighted by Crippen LogP contribution is 2.31. The van der Waals surface area contributed by atoms with Gasteiger partial charge in [0.15, 0.2) is 11.5 Å². The molecule has 5 nitrogen and oxygen atoms in total. The van der Waals surface area contributed by atoms with Gasteiger partial charge in [-0.25, -0.2) is 4.79 Å². The Labute approximate surface area is 189 Å². The lowest BCUT2D eigenvalue weighted by atomic mass is 10.0. The minimum absolute atomic E-state index is 0.157. The van der Waals surface area contributed by atoms with Crippen LogP contribution in [-0.4, -0.2) is 18.2 Å². The van der Waals surface area contributed by atoms with Crippen molar-refractivity contribution in [3.8, 4) is 17.6 Å². The third-order valence-electron chi connectivity index (χ3n) is 4.46. The van der Waals surface area contributed by atoms with Crippen molar-refractivity contribution in [2.45, 2.75) is 6.61 Å². The summed E-state index contributed by atoms with van der Waals surface area (Å²) < 4.78 is 11.3. The highest BCUT2D eigenvalue weighted by atomic mass is 35.5. The highest BCUT2D eigenvalue weighted by Gasteiger charge is 2.10. The van der Waals surface area contributed by atoms with Crippen LogP contribution in [0, 0.1) is 11.3 Å². The summed E-state index contributed by atoms with van der Waals surface area (Å²) in [6, 6.07) is 18.7.